The van der Waals surface area contributed by atoms with E-state index < -0.39 is 0 Å². The number of halogens is 1. The van der Waals surface area contributed by atoms with Crippen LogP contribution in [0.3, 0.4) is 0 Å². The molecule has 2 rings (SSSR count). The van der Waals surface area contributed by atoms with E-state index in [0.717, 1.165) is 37.2 Å². The minimum Gasteiger partial charge on any atom is -0.329 e. The summed E-state index contributed by atoms with van der Waals surface area (Å²) in [4.78, 5) is 4.79. The van der Waals surface area contributed by atoms with Crippen molar-refractivity contribution >= 4 is 0 Å². The Morgan fingerprint density at radius 1 is 1.40 bits per heavy atom. The number of hydrogen-bond donors (Lipinski definition) is 1. The molecule has 2 N–H and O–H groups in total. The smallest absolute Gasteiger partial charge is 0.123 e. The minimum absolute atomic E-state index is 0.104. The van der Waals surface area contributed by atoms with Crippen molar-refractivity contribution < 1.29 is 4.39 Å². The average Bonchev–Trinajstić information content (AvgIpc) is 2.56. The van der Waals surface area contributed by atoms with E-state index in [4.69, 9.17) is 5.73 Å². The topological polar surface area (TPSA) is 32.5 Å². The van der Waals surface area contributed by atoms with Gasteiger partial charge in [0.15, 0.2) is 0 Å². The summed E-state index contributed by atoms with van der Waals surface area (Å²) >= 11 is 0. The molecule has 1 aliphatic rings. The van der Waals surface area contributed by atoms with Gasteiger partial charge in [-0.3, -0.25) is 4.90 Å². The maximum atomic E-state index is 13.6. The second kappa shape index (κ2) is 6.66. The fourth-order valence-corrected chi connectivity index (χ4v) is 3.27. The fraction of sp³-hybridized carbons (Fsp3) is 0.625. The van der Waals surface area contributed by atoms with Crippen LogP contribution in [0, 0.1) is 12.7 Å². The zero-order valence-corrected chi connectivity index (χ0v) is 12.8. The predicted molar refractivity (Wildman–Crippen MR) is 81.2 cm³/mol. The Kier molecular flexibility index (Phi) is 5.13. The van der Waals surface area contributed by atoms with Crippen molar-refractivity contribution in [3.05, 3.63) is 35.1 Å². The largest absolute Gasteiger partial charge is 0.329 e. The first-order valence-electron chi connectivity index (χ1n) is 7.43. The molecule has 0 aromatic heterocycles. The Labute approximate surface area is 121 Å². The third kappa shape index (κ3) is 3.37. The summed E-state index contributed by atoms with van der Waals surface area (Å²) in [6.07, 6.45) is 1.13. The quantitative estimate of drug-likeness (QED) is 0.920. The van der Waals surface area contributed by atoms with E-state index in [0.29, 0.717) is 12.6 Å². The van der Waals surface area contributed by atoms with Crippen LogP contribution in [0.4, 0.5) is 4.39 Å². The highest BCUT2D eigenvalue weighted by Crippen LogP contribution is 2.27. The van der Waals surface area contributed by atoms with Crippen LogP contribution in [0.25, 0.3) is 0 Å². The van der Waals surface area contributed by atoms with Crippen LogP contribution in [0.5, 0.6) is 0 Å². The van der Waals surface area contributed by atoms with E-state index in [-0.39, 0.29) is 11.9 Å². The number of hydrogen-bond acceptors (Lipinski definition) is 3. The molecule has 0 radical (unpaired) electrons. The molecule has 2 unspecified atom stereocenters. The maximum Gasteiger partial charge on any atom is 0.123 e. The first-order valence-corrected chi connectivity index (χ1v) is 7.43. The third-order valence-electron chi connectivity index (χ3n) is 4.32. The number of rotatable bonds is 3. The van der Waals surface area contributed by atoms with Gasteiger partial charge in [-0.05, 0) is 57.1 Å². The van der Waals surface area contributed by atoms with Crippen molar-refractivity contribution in [3.63, 3.8) is 0 Å². The molecule has 0 amide bonds. The first kappa shape index (κ1) is 15.4. The summed E-state index contributed by atoms with van der Waals surface area (Å²) < 4.78 is 13.6. The van der Waals surface area contributed by atoms with Crippen LogP contribution >= 0.6 is 0 Å². The van der Waals surface area contributed by atoms with E-state index in [1.54, 1.807) is 6.07 Å². The van der Waals surface area contributed by atoms with Crippen LogP contribution in [0.15, 0.2) is 18.2 Å². The summed E-state index contributed by atoms with van der Waals surface area (Å²) in [7, 11) is 2.16. The zero-order chi connectivity index (χ0) is 14.7. The van der Waals surface area contributed by atoms with Gasteiger partial charge < -0.3 is 10.6 Å². The Morgan fingerprint density at radius 2 is 2.15 bits per heavy atom. The van der Waals surface area contributed by atoms with Crippen molar-refractivity contribution in [2.45, 2.75) is 32.4 Å². The predicted octanol–water partition coefficient (Wildman–Crippen LogP) is 2.16. The molecule has 1 aromatic rings. The maximum absolute atomic E-state index is 13.6. The molecule has 112 valence electrons. The molecule has 3 nitrogen and oxygen atoms in total. The molecule has 0 bridgehead atoms. The molecule has 0 saturated carbocycles. The Balaban J connectivity index is 2.28. The fourth-order valence-electron chi connectivity index (χ4n) is 3.27. The van der Waals surface area contributed by atoms with Crippen molar-refractivity contribution in [1.29, 1.82) is 0 Å². The van der Waals surface area contributed by atoms with Gasteiger partial charge in [-0.25, -0.2) is 4.39 Å². The molecule has 1 saturated heterocycles. The van der Waals surface area contributed by atoms with Gasteiger partial charge >= 0.3 is 0 Å². The molecule has 1 heterocycles. The van der Waals surface area contributed by atoms with Gasteiger partial charge in [-0.15, -0.1) is 0 Å². The molecule has 2 atom stereocenters. The average molecular weight is 279 g/mol. The van der Waals surface area contributed by atoms with Crippen LogP contribution in [-0.2, 0) is 0 Å². The van der Waals surface area contributed by atoms with Crippen molar-refractivity contribution in [2.75, 3.05) is 33.2 Å². The molecule has 1 aliphatic heterocycles. The Bertz CT molecular complexity index is 449. The lowest BCUT2D eigenvalue weighted by molar-refractivity contribution is 0.145. The number of nitrogens with zero attached hydrogens (tertiary/aromatic N) is 2. The second-order valence-electron chi connectivity index (χ2n) is 5.96. The van der Waals surface area contributed by atoms with Gasteiger partial charge in [0.05, 0.1) is 0 Å². The van der Waals surface area contributed by atoms with E-state index in [9.17, 15) is 4.39 Å². The molecular weight excluding hydrogens is 253 g/mol. The van der Waals surface area contributed by atoms with E-state index in [1.807, 2.05) is 13.0 Å². The second-order valence-corrected chi connectivity index (χ2v) is 5.96. The summed E-state index contributed by atoms with van der Waals surface area (Å²) in [5.41, 5.74) is 8.17. The first-order chi connectivity index (χ1) is 9.52. The van der Waals surface area contributed by atoms with Gasteiger partial charge in [0.25, 0.3) is 0 Å². The highest BCUT2D eigenvalue weighted by Gasteiger charge is 2.27. The molecule has 20 heavy (non-hydrogen) atoms. The Morgan fingerprint density at radius 3 is 2.85 bits per heavy atom. The minimum atomic E-state index is -0.177. The van der Waals surface area contributed by atoms with E-state index in [2.05, 4.69) is 23.8 Å². The highest BCUT2D eigenvalue weighted by atomic mass is 19.1. The number of likely N-dealkylation sites (N-methyl/N-ethyl adjacent to an activating group) is 1. The van der Waals surface area contributed by atoms with Crippen LogP contribution in [-0.4, -0.2) is 49.1 Å². The van der Waals surface area contributed by atoms with Gasteiger partial charge in [-0.2, -0.15) is 0 Å². The molecular formula is C16H26FN3. The lowest BCUT2D eigenvalue weighted by Crippen LogP contribution is -2.43. The lowest BCUT2D eigenvalue weighted by Gasteiger charge is -2.36. The Hall–Kier alpha value is -0.970. The van der Waals surface area contributed by atoms with Crippen molar-refractivity contribution in [2.24, 2.45) is 5.73 Å². The van der Waals surface area contributed by atoms with Gasteiger partial charge in [0, 0.05) is 31.7 Å². The third-order valence-corrected chi connectivity index (χ3v) is 4.32. The summed E-state index contributed by atoms with van der Waals surface area (Å²) in [6.45, 7) is 7.96. The molecule has 4 heteroatoms. The SMILES string of the molecule is Cc1ccc(F)cc1C(CN)N1CCCN(C)CC1C. The van der Waals surface area contributed by atoms with E-state index in [1.165, 1.54) is 6.07 Å². The number of aryl methyl sites for hydroxylation is 1. The summed E-state index contributed by atoms with van der Waals surface area (Å²) in [5, 5.41) is 0. The molecule has 1 fully saturated rings. The lowest BCUT2D eigenvalue weighted by atomic mass is 9.98. The summed E-state index contributed by atoms with van der Waals surface area (Å²) in [6, 6.07) is 5.55. The zero-order valence-electron chi connectivity index (χ0n) is 12.8. The molecule has 0 spiro atoms. The van der Waals surface area contributed by atoms with Crippen LogP contribution in [0.1, 0.15) is 30.5 Å². The van der Waals surface area contributed by atoms with Gasteiger partial charge in [0.2, 0.25) is 0 Å². The monoisotopic (exact) mass is 279 g/mol. The normalized spacial score (nSPS) is 23.6. The van der Waals surface area contributed by atoms with Gasteiger partial charge in [-0.1, -0.05) is 6.07 Å². The number of nitrogens with two attached hydrogens (primary N) is 1. The van der Waals surface area contributed by atoms with Crippen LogP contribution < -0.4 is 5.73 Å². The summed E-state index contributed by atoms with van der Waals surface area (Å²) in [5.74, 6) is -0.177. The van der Waals surface area contributed by atoms with Gasteiger partial charge in [0.1, 0.15) is 5.82 Å². The number of benzene rings is 1. The molecule has 0 aliphatic carbocycles. The standard InChI is InChI=1S/C16H26FN3/c1-12-5-6-14(17)9-15(12)16(10-18)20-8-4-7-19(3)11-13(20)2/h5-6,9,13,16H,4,7-8,10-11,18H2,1-3H3. The highest BCUT2D eigenvalue weighted by molar-refractivity contribution is 5.30. The molecule has 1 aromatic carbocycles. The van der Waals surface area contributed by atoms with Crippen molar-refractivity contribution in [3.8, 4) is 0 Å². The van der Waals surface area contributed by atoms with Crippen molar-refractivity contribution in [1.82, 2.24) is 9.80 Å². The van der Waals surface area contributed by atoms with Crippen LogP contribution in [0.2, 0.25) is 0 Å². The van der Waals surface area contributed by atoms with E-state index >= 15 is 0 Å².